The summed E-state index contributed by atoms with van der Waals surface area (Å²) >= 11 is 0. The van der Waals surface area contributed by atoms with Crippen molar-refractivity contribution in [3.05, 3.63) is 30.1 Å². The Morgan fingerprint density at radius 2 is 1.63 bits per heavy atom. The third-order valence-electron chi connectivity index (χ3n) is 6.08. The molecule has 0 bridgehead atoms. The first-order valence-electron chi connectivity index (χ1n) is 10.8. The van der Waals surface area contributed by atoms with E-state index in [-0.39, 0.29) is 17.5 Å². The molecule has 1 unspecified atom stereocenters. The van der Waals surface area contributed by atoms with Crippen molar-refractivity contribution in [3.63, 3.8) is 0 Å². The van der Waals surface area contributed by atoms with Gasteiger partial charge >= 0.3 is 6.03 Å². The minimum absolute atomic E-state index is 0.0129. The van der Waals surface area contributed by atoms with Crippen molar-refractivity contribution in [2.45, 2.75) is 51.5 Å². The lowest BCUT2D eigenvalue weighted by molar-refractivity contribution is -0.137. The Labute approximate surface area is 177 Å². The molecular weight excluding hydrogens is 387 g/mol. The smallest absolute Gasteiger partial charge is 0.326 e. The molecule has 0 saturated carbocycles. The molecule has 0 spiro atoms. The van der Waals surface area contributed by atoms with Crippen LogP contribution in [0.3, 0.4) is 0 Å². The van der Waals surface area contributed by atoms with Gasteiger partial charge in [0, 0.05) is 19.0 Å². The molecule has 0 aliphatic carbocycles. The molecule has 1 aromatic rings. The zero-order valence-corrected chi connectivity index (χ0v) is 17.5. The predicted octanol–water partition coefficient (Wildman–Crippen LogP) is 2.98. The number of urea groups is 1. The molecule has 0 aromatic heterocycles. The number of hydrogen-bond acceptors (Lipinski definition) is 4. The lowest BCUT2D eigenvalue weighted by Crippen LogP contribution is -2.51. The van der Waals surface area contributed by atoms with Crippen LogP contribution in [0.25, 0.3) is 0 Å². The summed E-state index contributed by atoms with van der Waals surface area (Å²) in [6, 6.07) is 4.51. The normalized spacial score (nSPS) is 19.6. The maximum absolute atomic E-state index is 13.6. The van der Waals surface area contributed by atoms with E-state index in [0.717, 1.165) is 25.9 Å². The number of imide groups is 1. The van der Waals surface area contributed by atoms with Gasteiger partial charge in [-0.2, -0.15) is 0 Å². The molecular formula is C22H31FN4O3. The lowest BCUT2D eigenvalue weighted by Gasteiger charge is -2.36. The summed E-state index contributed by atoms with van der Waals surface area (Å²) in [6.07, 6.45) is 5.98. The maximum atomic E-state index is 13.6. The molecule has 8 heteroatoms. The second kappa shape index (κ2) is 10.5. The maximum Gasteiger partial charge on any atom is 0.326 e. The van der Waals surface area contributed by atoms with Crippen LogP contribution < -0.4 is 10.6 Å². The van der Waals surface area contributed by atoms with Crippen molar-refractivity contribution in [2.24, 2.45) is 5.92 Å². The molecule has 2 heterocycles. The fraction of sp³-hybridized carbons (Fsp3) is 0.591. The van der Waals surface area contributed by atoms with Crippen LogP contribution in [-0.2, 0) is 9.59 Å². The Balaban J connectivity index is 1.45. The van der Waals surface area contributed by atoms with E-state index in [0.29, 0.717) is 25.9 Å². The lowest BCUT2D eigenvalue weighted by atomic mass is 9.94. The van der Waals surface area contributed by atoms with Crippen LogP contribution in [0.4, 0.5) is 14.9 Å². The van der Waals surface area contributed by atoms with Crippen LogP contribution >= 0.6 is 0 Å². The average molecular weight is 419 g/mol. The Morgan fingerprint density at radius 1 is 1.00 bits per heavy atom. The number of rotatable bonds is 4. The van der Waals surface area contributed by atoms with E-state index in [2.05, 4.69) is 10.6 Å². The number of anilines is 1. The number of piperidine rings is 1. The monoisotopic (exact) mass is 418 g/mol. The summed E-state index contributed by atoms with van der Waals surface area (Å²) in [5.41, 5.74) is 0.0169. The molecule has 7 nitrogen and oxygen atoms in total. The van der Waals surface area contributed by atoms with E-state index in [4.69, 9.17) is 0 Å². The van der Waals surface area contributed by atoms with Gasteiger partial charge in [0.2, 0.25) is 11.8 Å². The van der Waals surface area contributed by atoms with Crippen LogP contribution in [0.2, 0.25) is 0 Å². The fourth-order valence-electron chi connectivity index (χ4n) is 4.18. The first kappa shape index (κ1) is 22.2. The van der Waals surface area contributed by atoms with Crippen LogP contribution in [0, 0.1) is 11.7 Å². The molecule has 4 amide bonds. The van der Waals surface area contributed by atoms with Crippen LogP contribution in [0.15, 0.2) is 24.3 Å². The van der Waals surface area contributed by atoms with Crippen molar-refractivity contribution < 1.29 is 18.8 Å². The van der Waals surface area contributed by atoms with Crippen LogP contribution in [0.1, 0.15) is 45.4 Å². The van der Waals surface area contributed by atoms with Gasteiger partial charge in [-0.25, -0.2) is 9.18 Å². The quantitative estimate of drug-likeness (QED) is 0.788. The highest BCUT2D eigenvalue weighted by molar-refractivity contribution is 6.02. The van der Waals surface area contributed by atoms with E-state index in [1.54, 1.807) is 13.0 Å². The van der Waals surface area contributed by atoms with Gasteiger partial charge < -0.3 is 10.2 Å². The zero-order valence-electron chi connectivity index (χ0n) is 17.5. The van der Waals surface area contributed by atoms with Crippen LogP contribution in [-0.4, -0.2) is 59.9 Å². The summed E-state index contributed by atoms with van der Waals surface area (Å²) in [5.74, 6) is -0.748. The minimum Gasteiger partial charge on any atom is -0.342 e. The standard InChI is InChI=1S/C22H31FN4O3/c1-16(20(28)25-22(30)24-19-9-5-4-8-18(19)23)26-14-10-17(11-15-26)21(29)27-12-6-2-3-7-13-27/h4-5,8-9,16-17H,2-3,6-7,10-15H2,1H3,(H2,24,25,28,30). The number of para-hydroxylation sites is 1. The summed E-state index contributed by atoms with van der Waals surface area (Å²) in [5, 5.41) is 4.62. The number of benzene rings is 1. The highest BCUT2D eigenvalue weighted by atomic mass is 19.1. The first-order valence-corrected chi connectivity index (χ1v) is 10.8. The number of hydrogen-bond donors (Lipinski definition) is 2. The van der Waals surface area contributed by atoms with Crippen LogP contribution in [0.5, 0.6) is 0 Å². The number of amides is 4. The first-order chi connectivity index (χ1) is 14.5. The zero-order chi connectivity index (χ0) is 21.5. The molecule has 0 radical (unpaired) electrons. The number of halogens is 1. The van der Waals surface area contributed by atoms with Gasteiger partial charge in [-0.3, -0.25) is 19.8 Å². The van der Waals surface area contributed by atoms with E-state index < -0.39 is 23.8 Å². The third-order valence-corrected chi connectivity index (χ3v) is 6.08. The summed E-state index contributed by atoms with van der Waals surface area (Å²) in [6.45, 7) is 4.72. The second-order valence-corrected chi connectivity index (χ2v) is 8.15. The Hall–Kier alpha value is -2.48. The van der Waals surface area contributed by atoms with Gasteiger partial charge in [-0.05, 0) is 57.8 Å². The van der Waals surface area contributed by atoms with E-state index >= 15 is 0 Å². The molecule has 2 aliphatic rings. The summed E-state index contributed by atoms with van der Waals surface area (Å²) in [4.78, 5) is 41.3. The molecule has 164 valence electrons. The van der Waals surface area contributed by atoms with Crippen molar-refractivity contribution in [1.82, 2.24) is 15.1 Å². The largest absolute Gasteiger partial charge is 0.342 e. The highest BCUT2D eigenvalue weighted by Crippen LogP contribution is 2.23. The molecule has 3 rings (SSSR count). The Kier molecular flexibility index (Phi) is 7.79. The van der Waals surface area contributed by atoms with Crippen molar-refractivity contribution >= 4 is 23.5 Å². The Bertz CT molecular complexity index is 757. The fourth-order valence-corrected chi connectivity index (χ4v) is 4.18. The number of carbonyl (C=O) groups excluding carboxylic acids is 3. The van der Waals surface area contributed by atoms with Gasteiger partial charge in [0.15, 0.2) is 0 Å². The predicted molar refractivity (Wildman–Crippen MR) is 112 cm³/mol. The van der Waals surface area contributed by atoms with Crippen molar-refractivity contribution in [1.29, 1.82) is 0 Å². The SMILES string of the molecule is CC(C(=O)NC(=O)Nc1ccccc1F)N1CCC(C(=O)N2CCCCCC2)CC1. The Morgan fingerprint density at radius 3 is 2.27 bits per heavy atom. The number of carbonyl (C=O) groups is 3. The highest BCUT2D eigenvalue weighted by Gasteiger charge is 2.32. The third kappa shape index (κ3) is 5.78. The molecule has 1 aromatic carbocycles. The van der Waals surface area contributed by atoms with Gasteiger partial charge in [0.25, 0.3) is 0 Å². The van der Waals surface area contributed by atoms with Gasteiger partial charge in [0.1, 0.15) is 5.82 Å². The van der Waals surface area contributed by atoms with Crippen molar-refractivity contribution in [2.75, 3.05) is 31.5 Å². The second-order valence-electron chi connectivity index (χ2n) is 8.15. The average Bonchev–Trinajstić information content (AvgIpc) is 3.04. The topological polar surface area (TPSA) is 81.8 Å². The number of nitrogens with zero attached hydrogens (tertiary/aromatic N) is 2. The summed E-state index contributed by atoms with van der Waals surface area (Å²) < 4.78 is 13.6. The molecule has 2 saturated heterocycles. The molecule has 30 heavy (non-hydrogen) atoms. The summed E-state index contributed by atoms with van der Waals surface area (Å²) in [7, 11) is 0. The molecule has 2 fully saturated rings. The minimum atomic E-state index is -0.761. The molecule has 2 aliphatic heterocycles. The van der Waals surface area contributed by atoms with Gasteiger partial charge in [-0.1, -0.05) is 25.0 Å². The van der Waals surface area contributed by atoms with E-state index in [9.17, 15) is 18.8 Å². The van der Waals surface area contributed by atoms with Gasteiger partial charge in [0.05, 0.1) is 11.7 Å². The van der Waals surface area contributed by atoms with E-state index in [1.165, 1.54) is 31.0 Å². The van der Waals surface area contributed by atoms with E-state index in [1.807, 2.05) is 9.80 Å². The number of nitrogens with one attached hydrogen (secondary N) is 2. The molecule has 1 atom stereocenters. The van der Waals surface area contributed by atoms with Crippen molar-refractivity contribution in [3.8, 4) is 0 Å². The number of likely N-dealkylation sites (tertiary alicyclic amines) is 2. The molecule has 2 N–H and O–H groups in total. The van der Waals surface area contributed by atoms with Gasteiger partial charge in [-0.15, -0.1) is 0 Å².